The number of alkyl halides is 5. The highest BCUT2D eigenvalue weighted by Crippen LogP contribution is 2.53. The number of carbonyl (C=O) groups is 3. The number of hydrogen-bond acceptors (Lipinski definition) is 6. The molecule has 8 nitrogen and oxygen atoms in total. The van der Waals surface area contributed by atoms with E-state index >= 15 is 0 Å². The molecule has 1 aliphatic heterocycles. The average Bonchev–Trinajstić information content (AvgIpc) is 3.61. The van der Waals surface area contributed by atoms with E-state index in [2.05, 4.69) is 14.5 Å². The van der Waals surface area contributed by atoms with Crippen LogP contribution >= 0.6 is 0 Å². The number of nitrogens with zero attached hydrogens (tertiary/aromatic N) is 2. The summed E-state index contributed by atoms with van der Waals surface area (Å²) in [6, 6.07) is 11.3. The minimum Gasteiger partial charge on any atom is -0.478 e. The summed E-state index contributed by atoms with van der Waals surface area (Å²) in [6.07, 6.45) is -9.34. The standard InChI is InChI=1S/C26H17F5N2O6/c1-13-5-8-19(32-20(13)14-3-2-4-15(11-14)21(34)35)33(23(37)25(27,28)29)22(36)24(9-10-24)16-6-7-17-18(12-16)39-26(30,31)38-17/h2-8,11-12H,9-10H2,1H3,(H,34,35). The third kappa shape index (κ3) is 4.64. The number of halogens is 5. The van der Waals surface area contributed by atoms with E-state index in [1.54, 1.807) is 6.92 Å². The van der Waals surface area contributed by atoms with E-state index in [1.807, 2.05) is 0 Å². The van der Waals surface area contributed by atoms with Gasteiger partial charge in [0.15, 0.2) is 11.5 Å². The summed E-state index contributed by atoms with van der Waals surface area (Å²) in [5.74, 6) is -6.35. The number of fused-ring (bicyclic) bond motifs is 1. The fourth-order valence-electron chi connectivity index (χ4n) is 4.37. The predicted molar refractivity (Wildman–Crippen MR) is 123 cm³/mol. The number of aromatic nitrogens is 1. The Labute approximate surface area is 216 Å². The highest BCUT2D eigenvalue weighted by molar-refractivity contribution is 6.20. The number of carbonyl (C=O) groups excluding carboxylic acids is 2. The summed E-state index contributed by atoms with van der Waals surface area (Å²) in [4.78, 5) is 41.7. The minimum atomic E-state index is -5.46. The number of aromatic carboxylic acids is 1. The predicted octanol–water partition coefficient (Wildman–Crippen LogP) is 5.23. The van der Waals surface area contributed by atoms with Crippen molar-refractivity contribution in [2.75, 3.05) is 4.90 Å². The molecule has 13 heteroatoms. The Morgan fingerprint density at radius 3 is 2.31 bits per heavy atom. The maximum absolute atomic E-state index is 13.7. The van der Waals surface area contributed by atoms with Crippen LogP contribution in [-0.4, -0.2) is 40.3 Å². The van der Waals surface area contributed by atoms with Crippen molar-refractivity contribution in [1.82, 2.24) is 4.98 Å². The van der Waals surface area contributed by atoms with Crippen LogP contribution in [0.2, 0.25) is 0 Å². The SMILES string of the molecule is Cc1ccc(N(C(=O)C(F)(F)F)C(=O)C2(c3ccc4c(c3)OC(F)(F)O4)CC2)nc1-c1cccc(C(=O)O)c1. The zero-order chi connectivity index (χ0) is 28.3. The lowest BCUT2D eigenvalue weighted by molar-refractivity contribution is -0.286. The van der Waals surface area contributed by atoms with Crippen molar-refractivity contribution in [3.8, 4) is 22.8 Å². The summed E-state index contributed by atoms with van der Waals surface area (Å²) in [7, 11) is 0. The smallest absolute Gasteiger partial charge is 0.478 e. The van der Waals surface area contributed by atoms with Crippen molar-refractivity contribution >= 4 is 23.6 Å². The minimum absolute atomic E-state index is 0.0306. The van der Waals surface area contributed by atoms with Crippen LogP contribution in [0.1, 0.15) is 34.3 Å². The molecule has 2 heterocycles. The number of carboxylic acid groups (broad SMARTS) is 1. The van der Waals surface area contributed by atoms with Gasteiger partial charge in [0, 0.05) is 5.56 Å². The van der Waals surface area contributed by atoms with Crippen molar-refractivity contribution in [3.63, 3.8) is 0 Å². The summed E-state index contributed by atoms with van der Waals surface area (Å²) in [5.41, 5.74) is -0.950. The number of carboxylic acids is 1. The molecular weight excluding hydrogens is 531 g/mol. The van der Waals surface area contributed by atoms with Gasteiger partial charge in [0.05, 0.1) is 16.7 Å². The van der Waals surface area contributed by atoms with E-state index in [9.17, 15) is 41.4 Å². The molecule has 1 N–H and O–H groups in total. The summed E-state index contributed by atoms with van der Waals surface area (Å²) >= 11 is 0. The first-order valence-corrected chi connectivity index (χ1v) is 11.4. The monoisotopic (exact) mass is 548 g/mol. The second-order valence-electron chi connectivity index (χ2n) is 9.08. The average molecular weight is 548 g/mol. The Kier molecular flexibility index (Phi) is 5.85. The molecule has 3 aromatic rings. The van der Waals surface area contributed by atoms with Crippen LogP contribution in [0.5, 0.6) is 11.5 Å². The number of ether oxygens (including phenoxy) is 2. The highest BCUT2D eigenvalue weighted by atomic mass is 19.4. The van der Waals surface area contributed by atoms with Crippen molar-refractivity contribution in [3.05, 3.63) is 71.3 Å². The first kappa shape index (κ1) is 26.1. The maximum atomic E-state index is 13.7. The van der Waals surface area contributed by atoms with Gasteiger partial charge >= 0.3 is 24.3 Å². The number of amides is 2. The molecule has 0 radical (unpaired) electrons. The molecule has 2 aliphatic rings. The van der Waals surface area contributed by atoms with Crippen molar-refractivity contribution in [2.45, 2.75) is 37.7 Å². The maximum Gasteiger partial charge on any atom is 0.586 e. The second kappa shape index (κ2) is 8.75. The van der Waals surface area contributed by atoms with Gasteiger partial charge in [-0.1, -0.05) is 24.3 Å². The number of pyridine rings is 1. The second-order valence-corrected chi connectivity index (χ2v) is 9.08. The van der Waals surface area contributed by atoms with E-state index in [1.165, 1.54) is 36.4 Å². The Morgan fingerprint density at radius 2 is 1.67 bits per heavy atom. The molecule has 0 spiro atoms. The summed E-state index contributed by atoms with van der Waals surface area (Å²) in [5, 5.41) is 9.29. The van der Waals surface area contributed by atoms with Crippen molar-refractivity contribution < 1.29 is 50.9 Å². The van der Waals surface area contributed by atoms with Gasteiger partial charge in [-0.05, 0) is 61.2 Å². The quantitative estimate of drug-likeness (QED) is 0.436. The van der Waals surface area contributed by atoms with Gasteiger partial charge in [-0.15, -0.1) is 8.78 Å². The van der Waals surface area contributed by atoms with E-state index in [4.69, 9.17) is 0 Å². The van der Waals surface area contributed by atoms with Crippen LogP contribution in [0.25, 0.3) is 11.3 Å². The van der Waals surface area contributed by atoms with Gasteiger partial charge < -0.3 is 14.6 Å². The van der Waals surface area contributed by atoms with Gasteiger partial charge in [0.2, 0.25) is 5.91 Å². The van der Waals surface area contributed by atoms with Crippen molar-refractivity contribution in [1.29, 1.82) is 0 Å². The lowest BCUT2D eigenvalue weighted by Gasteiger charge is -2.26. The third-order valence-corrected chi connectivity index (χ3v) is 6.46. The number of anilines is 1. The lowest BCUT2D eigenvalue weighted by atomic mass is 9.93. The molecule has 2 aromatic carbocycles. The number of hydrogen-bond donors (Lipinski definition) is 1. The summed E-state index contributed by atoms with van der Waals surface area (Å²) in [6.45, 7) is 1.57. The van der Waals surface area contributed by atoms with Crippen LogP contribution in [0.4, 0.5) is 27.8 Å². The topological polar surface area (TPSA) is 106 Å². The van der Waals surface area contributed by atoms with E-state index in [0.29, 0.717) is 5.56 Å². The number of imide groups is 1. The molecule has 1 fully saturated rings. The van der Waals surface area contributed by atoms with E-state index in [0.717, 1.165) is 18.2 Å². The number of benzene rings is 2. The van der Waals surface area contributed by atoms with Gasteiger partial charge in [0.1, 0.15) is 5.82 Å². The Hall–Kier alpha value is -4.55. The molecule has 1 aromatic heterocycles. The molecule has 2 amide bonds. The highest BCUT2D eigenvalue weighted by Gasteiger charge is 2.58. The van der Waals surface area contributed by atoms with Gasteiger partial charge in [0.25, 0.3) is 0 Å². The van der Waals surface area contributed by atoms with Crippen LogP contribution in [0.15, 0.2) is 54.6 Å². The Bertz CT molecular complexity index is 1530. The van der Waals surface area contributed by atoms with Crippen LogP contribution in [0, 0.1) is 6.92 Å². The fourth-order valence-corrected chi connectivity index (χ4v) is 4.37. The van der Waals surface area contributed by atoms with Gasteiger partial charge in [-0.2, -0.15) is 13.2 Å². The molecule has 1 saturated carbocycles. The Morgan fingerprint density at radius 1 is 0.974 bits per heavy atom. The summed E-state index contributed by atoms with van der Waals surface area (Å²) < 4.78 is 76.8. The van der Waals surface area contributed by atoms with Crippen LogP contribution in [-0.2, 0) is 15.0 Å². The molecule has 0 saturated heterocycles. The number of rotatable bonds is 5. The normalized spacial score (nSPS) is 16.5. The lowest BCUT2D eigenvalue weighted by Crippen LogP contribution is -2.49. The molecule has 202 valence electrons. The zero-order valence-electron chi connectivity index (χ0n) is 19.9. The molecule has 1 aliphatic carbocycles. The first-order chi connectivity index (χ1) is 18.2. The molecule has 0 unspecified atom stereocenters. The Balaban J connectivity index is 1.58. The largest absolute Gasteiger partial charge is 0.586 e. The number of aryl methyl sites for hydroxylation is 1. The molecule has 39 heavy (non-hydrogen) atoms. The van der Waals surface area contributed by atoms with E-state index in [-0.39, 0.29) is 45.9 Å². The van der Waals surface area contributed by atoms with Crippen molar-refractivity contribution in [2.24, 2.45) is 0 Å². The zero-order valence-corrected chi connectivity index (χ0v) is 19.9. The van der Waals surface area contributed by atoms with Gasteiger partial charge in [-0.3, -0.25) is 9.59 Å². The van der Waals surface area contributed by atoms with Crippen LogP contribution in [0.3, 0.4) is 0 Å². The van der Waals surface area contributed by atoms with E-state index < -0.39 is 47.2 Å². The molecule has 5 rings (SSSR count). The molecular formula is C26H17F5N2O6. The molecule has 0 atom stereocenters. The van der Waals surface area contributed by atoms with Crippen LogP contribution < -0.4 is 14.4 Å². The fraction of sp³-hybridized carbons (Fsp3) is 0.231. The first-order valence-electron chi connectivity index (χ1n) is 11.4. The van der Waals surface area contributed by atoms with Gasteiger partial charge in [-0.25, -0.2) is 14.7 Å². The molecule has 0 bridgehead atoms. The third-order valence-electron chi connectivity index (χ3n) is 6.46.